The van der Waals surface area contributed by atoms with Crippen LogP contribution in [0.1, 0.15) is 37.7 Å². The molecule has 1 unspecified atom stereocenters. The van der Waals surface area contributed by atoms with Crippen molar-refractivity contribution in [2.24, 2.45) is 5.92 Å². The normalized spacial score (nSPS) is 18.1. The van der Waals surface area contributed by atoms with Crippen LogP contribution in [-0.2, 0) is 19.5 Å². The average Bonchev–Trinajstić information content (AvgIpc) is 2.98. The topological polar surface area (TPSA) is 88.7 Å². The molecular formula is C15H24N2O5S. The Morgan fingerprint density at radius 2 is 2.00 bits per heavy atom. The zero-order chi connectivity index (χ0) is 17.0. The van der Waals surface area contributed by atoms with E-state index in [9.17, 15) is 13.2 Å². The molecule has 23 heavy (non-hydrogen) atoms. The number of sulfonamides is 1. The number of nitrogens with zero attached hydrogens (tertiary/aromatic N) is 1. The molecule has 0 aliphatic carbocycles. The lowest BCUT2D eigenvalue weighted by Gasteiger charge is -2.25. The molecule has 0 bridgehead atoms. The van der Waals surface area contributed by atoms with Crippen molar-refractivity contribution in [1.29, 1.82) is 0 Å². The van der Waals surface area contributed by atoms with E-state index in [1.807, 2.05) is 20.8 Å². The SMILES string of the molecule is CC(C)CC(C)OC(=O)c1cc(S(=O)(=O)N2CCOCC2)c[nH]1. The van der Waals surface area contributed by atoms with Gasteiger partial charge in [0.15, 0.2) is 0 Å². The van der Waals surface area contributed by atoms with Crippen LogP contribution in [0.5, 0.6) is 0 Å². The summed E-state index contributed by atoms with van der Waals surface area (Å²) in [5, 5.41) is 0. The van der Waals surface area contributed by atoms with Crippen molar-refractivity contribution < 1.29 is 22.7 Å². The van der Waals surface area contributed by atoms with E-state index in [0.717, 1.165) is 6.42 Å². The van der Waals surface area contributed by atoms with Crippen LogP contribution in [0.15, 0.2) is 17.2 Å². The average molecular weight is 344 g/mol. The van der Waals surface area contributed by atoms with Gasteiger partial charge < -0.3 is 14.5 Å². The molecule has 1 aliphatic rings. The smallest absolute Gasteiger partial charge is 0.355 e. The van der Waals surface area contributed by atoms with Crippen molar-refractivity contribution >= 4 is 16.0 Å². The molecular weight excluding hydrogens is 320 g/mol. The van der Waals surface area contributed by atoms with Crippen molar-refractivity contribution in [3.05, 3.63) is 18.0 Å². The van der Waals surface area contributed by atoms with E-state index in [2.05, 4.69) is 4.98 Å². The number of ether oxygens (including phenoxy) is 2. The Morgan fingerprint density at radius 1 is 1.35 bits per heavy atom. The minimum atomic E-state index is -3.61. The van der Waals surface area contributed by atoms with Crippen LogP contribution in [0.4, 0.5) is 0 Å². The number of carbonyl (C=O) groups is 1. The molecule has 0 saturated carbocycles. The van der Waals surface area contributed by atoms with Gasteiger partial charge in [-0.3, -0.25) is 0 Å². The lowest BCUT2D eigenvalue weighted by molar-refractivity contribution is 0.0293. The van der Waals surface area contributed by atoms with Crippen LogP contribution in [0.2, 0.25) is 0 Å². The number of hydrogen-bond acceptors (Lipinski definition) is 5. The molecule has 1 atom stereocenters. The number of aromatic amines is 1. The number of nitrogens with one attached hydrogen (secondary N) is 1. The Balaban J connectivity index is 2.06. The fraction of sp³-hybridized carbons (Fsp3) is 0.667. The molecule has 2 rings (SSSR count). The largest absolute Gasteiger partial charge is 0.458 e. The summed E-state index contributed by atoms with van der Waals surface area (Å²) in [5.41, 5.74) is 0.146. The van der Waals surface area contributed by atoms with Crippen molar-refractivity contribution in [3.63, 3.8) is 0 Å². The van der Waals surface area contributed by atoms with Gasteiger partial charge in [0.25, 0.3) is 0 Å². The van der Waals surface area contributed by atoms with Crippen LogP contribution in [0.25, 0.3) is 0 Å². The first-order chi connectivity index (χ1) is 10.8. The monoisotopic (exact) mass is 344 g/mol. The van der Waals surface area contributed by atoms with Crippen molar-refractivity contribution in [1.82, 2.24) is 9.29 Å². The van der Waals surface area contributed by atoms with Crippen molar-refractivity contribution in [2.45, 2.75) is 38.2 Å². The van der Waals surface area contributed by atoms with E-state index in [4.69, 9.17) is 9.47 Å². The van der Waals surface area contributed by atoms with E-state index in [0.29, 0.717) is 32.2 Å². The molecule has 8 heteroatoms. The first-order valence-electron chi connectivity index (χ1n) is 7.78. The molecule has 2 heterocycles. The summed E-state index contributed by atoms with van der Waals surface area (Å²) in [6.45, 7) is 7.32. The zero-order valence-electron chi connectivity index (χ0n) is 13.7. The van der Waals surface area contributed by atoms with Gasteiger partial charge in [-0.25, -0.2) is 13.2 Å². The maximum atomic E-state index is 12.5. The summed E-state index contributed by atoms with van der Waals surface area (Å²) in [6.07, 6.45) is 1.87. The van der Waals surface area contributed by atoms with E-state index >= 15 is 0 Å². The van der Waals surface area contributed by atoms with Crippen molar-refractivity contribution in [3.8, 4) is 0 Å². The summed E-state index contributed by atoms with van der Waals surface area (Å²) >= 11 is 0. The lowest BCUT2D eigenvalue weighted by Crippen LogP contribution is -2.40. The number of carbonyl (C=O) groups excluding carboxylic acids is 1. The minimum Gasteiger partial charge on any atom is -0.458 e. The first kappa shape index (κ1) is 18.0. The van der Waals surface area contributed by atoms with Gasteiger partial charge in [-0.1, -0.05) is 13.8 Å². The third-order valence-corrected chi connectivity index (χ3v) is 5.47. The third kappa shape index (κ3) is 4.55. The van der Waals surface area contributed by atoms with Gasteiger partial charge in [0.1, 0.15) is 10.6 Å². The molecule has 130 valence electrons. The van der Waals surface area contributed by atoms with Crippen LogP contribution in [0, 0.1) is 5.92 Å². The molecule has 0 spiro atoms. The van der Waals surface area contributed by atoms with Gasteiger partial charge in [-0.05, 0) is 25.3 Å². The van der Waals surface area contributed by atoms with Crippen LogP contribution >= 0.6 is 0 Å². The molecule has 0 radical (unpaired) electrons. The first-order valence-corrected chi connectivity index (χ1v) is 9.22. The Labute approximate surface area is 137 Å². The number of H-pyrrole nitrogens is 1. The molecule has 7 nitrogen and oxygen atoms in total. The van der Waals surface area contributed by atoms with Gasteiger partial charge in [0.2, 0.25) is 10.0 Å². The highest BCUT2D eigenvalue weighted by atomic mass is 32.2. The number of aromatic nitrogens is 1. The lowest BCUT2D eigenvalue weighted by atomic mass is 10.1. The van der Waals surface area contributed by atoms with E-state index in [-0.39, 0.29) is 16.7 Å². The molecule has 1 aromatic rings. The number of hydrogen-bond donors (Lipinski definition) is 1. The highest BCUT2D eigenvalue weighted by molar-refractivity contribution is 7.89. The van der Waals surface area contributed by atoms with Gasteiger partial charge in [0.05, 0.1) is 19.3 Å². The second-order valence-corrected chi connectivity index (χ2v) is 8.05. The molecule has 1 aliphatic heterocycles. The Morgan fingerprint density at radius 3 is 2.61 bits per heavy atom. The van der Waals surface area contributed by atoms with E-state index < -0.39 is 16.0 Å². The van der Waals surface area contributed by atoms with E-state index in [1.165, 1.54) is 16.6 Å². The minimum absolute atomic E-state index is 0.0721. The molecule has 1 saturated heterocycles. The maximum Gasteiger partial charge on any atom is 0.355 e. The number of esters is 1. The standard InChI is InChI=1S/C15H24N2O5S/c1-11(2)8-12(3)22-15(18)14-9-13(10-16-14)23(19,20)17-4-6-21-7-5-17/h9-12,16H,4-8H2,1-3H3. The Bertz CT molecular complexity index is 632. The molecule has 1 aromatic heterocycles. The quantitative estimate of drug-likeness (QED) is 0.792. The van der Waals surface area contributed by atoms with Crippen LogP contribution in [0.3, 0.4) is 0 Å². The molecule has 1 fully saturated rings. The van der Waals surface area contributed by atoms with Gasteiger partial charge in [0, 0.05) is 19.3 Å². The molecule has 1 N–H and O–H groups in total. The van der Waals surface area contributed by atoms with Crippen LogP contribution < -0.4 is 0 Å². The fourth-order valence-corrected chi connectivity index (χ4v) is 3.94. The van der Waals surface area contributed by atoms with Gasteiger partial charge >= 0.3 is 5.97 Å². The summed E-state index contributed by atoms with van der Waals surface area (Å²) < 4.78 is 36.8. The predicted molar refractivity (Wildman–Crippen MR) is 84.7 cm³/mol. The Hall–Kier alpha value is -1.38. The second-order valence-electron chi connectivity index (χ2n) is 6.11. The summed E-state index contributed by atoms with van der Waals surface area (Å²) in [6, 6.07) is 1.33. The molecule has 0 amide bonds. The number of rotatable bonds is 6. The summed E-state index contributed by atoms with van der Waals surface area (Å²) in [7, 11) is -3.61. The van der Waals surface area contributed by atoms with Crippen LogP contribution in [-0.4, -0.2) is 56.1 Å². The fourth-order valence-electron chi connectivity index (χ4n) is 2.54. The zero-order valence-corrected chi connectivity index (χ0v) is 14.6. The van der Waals surface area contributed by atoms with E-state index in [1.54, 1.807) is 0 Å². The third-order valence-electron chi connectivity index (χ3n) is 3.60. The predicted octanol–water partition coefficient (Wildman–Crippen LogP) is 1.63. The highest BCUT2D eigenvalue weighted by Crippen LogP contribution is 2.19. The molecule has 0 aromatic carbocycles. The second kappa shape index (κ2) is 7.46. The van der Waals surface area contributed by atoms with Crippen molar-refractivity contribution in [2.75, 3.05) is 26.3 Å². The number of morpholine rings is 1. The highest BCUT2D eigenvalue weighted by Gasteiger charge is 2.28. The van der Waals surface area contributed by atoms with Gasteiger partial charge in [-0.2, -0.15) is 4.31 Å². The summed E-state index contributed by atoms with van der Waals surface area (Å²) in [4.78, 5) is 14.8. The summed E-state index contributed by atoms with van der Waals surface area (Å²) in [5.74, 6) is -0.125. The maximum absolute atomic E-state index is 12.5. The van der Waals surface area contributed by atoms with Gasteiger partial charge in [-0.15, -0.1) is 0 Å². The Kier molecular flexibility index (Phi) is 5.83.